The molecule has 9 heteroatoms. The fraction of sp³-hybridized carbons (Fsp3) is 0.250. The Hall–Kier alpha value is -3.36. The maximum Gasteiger partial charge on any atom is 0.328 e. The van der Waals surface area contributed by atoms with Gasteiger partial charge in [-0.1, -0.05) is 12.1 Å². The number of phenols is 1. The Bertz CT molecular complexity index is 868. The standard InChI is InChI=1S/C16H17N3O6/c20-11-3-1-10(2-4-11)9-12(15(23)24)17-13(21)5-7-19-8-6-14(22)18-16(19)25/h1-4,6,8,12,20H,5,7,9H2,(H,17,21)(H,23,24)(H,18,22,25). The van der Waals surface area contributed by atoms with Gasteiger partial charge in [-0.2, -0.15) is 0 Å². The minimum atomic E-state index is -1.19. The van der Waals surface area contributed by atoms with E-state index in [-0.39, 0.29) is 25.1 Å². The largest absolute Gasteiger partial charge is 0.508 e. The number of carbonyl (C=O) groups excluding carboxylic acids is 1. The van der Waals surface area contributed by atoms with Crippen LogP contribution in [0.5, 0.6) is 5.75 Å². The lowest BCUT2D eigenvalue weighted by atomic mass is 10.1. The topological polar surface area (TPSA) is 141 Å². The molecule has 0 saturated heterocycles. The lowest BCUT2D eigenvalue weighted by molar-refractivity contribution is -0.141. The molecule has 1 atom stereocenters. The van der Waals surface area contributed by atoms with Crippen LogP contribution in [0.3, 0.4) is 0 Å². The first kappa shape index (κ1) is 18.0. The fourth-order valence-electron chi connectivity index (χ4n) is 2.18. The van der Waals surface area contributed by atoms with Gasteiger partial charge in [-0.05, 0) is 17.7 Å². The van der Waals surface area contributed by atoms with Crippen molar-refractivity contribution in [2.24, 2.45) is 0 Å². The van der Waals surface area contributed by atoms with E-state index >= 15 is 0 Å². The number of H-pyrrole nitrogens is 1. The van der Waals surface area contributed by atoms with Crippen LogP contribution in [-0.2, 0) is 22.6 Å². The number of aromatic amines is 1. The molecule has 0 radical (unpaired) electrons. The lowest BCUT2D eigenvalue weighted by Crippen LogP contribution is -2.43. The van der Waals surface area contributed by atoms with Crippen molar-refractivity contribution < 1.29 is 19.8 Å². The predicted molar refractivity (Wildman–Crippen MR) is 87.3 cm³/mol. The third-order valence-electron chi connectivity index (χ3n) is 3.49. The Morgan fingerprint density at radius 3 is 2.44 bits per heavy atom. The molecule has 2 aromatic rings. The summed E-state index contributed by atoms with van der Waals surface area (Å²) in [7, 11) is 0. The second kappa shape index (κ2) is 7.95. The van der Waals surface area contributed by atoms with Crippen LogP contribution in [0, 0.1) is 0 Å². The minimum absolute atomic E-state index is 0.00694. The van der Waals surface area contributed by atoms with Gasteiger partial charge >= 0.3 is 11.7 Å². The number of aryl methyl sites for hydroxylation is 1. The number of phenolic OH excluding ortho intramolecular Hbond substituents is 1. The first-order valence-electron chi connectivity index (χ1n) is 7.45. The number of carboxylic acid groups (broad SMARTS) is 1. The zero-order valence-corrected chi connectivity index (χ0v) is 13.1. The Kier molecular flexibility index (Phi) is 5.72. The normalized spacial score (nSPS) is 11.7. The number of nitrogens with one attached hydrogen (secondary N) is 2. The van der Waals surface area contributed by atoms with E-state index in [0.29, 0.717) is 5.56 Å². The summed E-state index contributed by atoms with van der Waals surface area (Å²) in [6.07, 6.45) is 1.20. The number of hydrogen-bond donors (Lipinski definition) is 4. The molecule has 132 valence electrons. The van der Waals surface area contributed by atoms with Crippen molar-refractivity contribution in [1.82, 2.24) is 14.9 Å². The molecular formula is C16H17N3O6. The van der Waals surface area contributed by atoms with Crippen molar-refractivity contribution >= 4 is 11.9 Å². The lowest BCUT2D eigenvalue weighted by Gasteiger charge is -2.15. The summed E-state index contributed by atoms with van der Waals surface area (Å²) in [6, 6.07) is 6.01. The molecule has 1 aromatic heterocycles. The van der Waals surface area contributed by atoms with Crippen molar-refractivity contribution in [3.8, 4) is 5.75 Å². The van der Waals surface area contributed by atoms with Gasteiger partial charge in [-0.15, -0.1) is 0 Å². The number of hydrogen-bond acceptors (Lipinski definition) is 5. The molecule has 25 heavy (non-hydrogen) atoms. The molecule has 1 heterocycles. The quantitative estimate of drug-likeness (QED) is 0.529. The monoisotopic (exact) mass is 347 g/mol. The van der Waals surface area contributed by atoms with Crippen LogP contribution in [0.15, 0.2) is 46.1 Å². The number of aromatic hydroxyl groups is 1. The van der Waals surface area contributed by atoms with Gasteiger partial charge in [0.15, 0.2) is 0 Å². The highest BCUT2D eigenvalue weighted by molar-refractivity contribution is 5.83. The third kappa shape index (κ3) is 5.34. The van der Waals surface area contributed by atoms with Crippen LogP contribution in [0.1, 0.15) is 12.0 Å². The number of amides is 1. The van der Waals surface area contributed by atoms with Gasteiger partial charge in [0.05, 0.1) is 0 Å². The molecule has 2 rings (SSSR count). The number of carbonyl (C=O) groups is 2. The summed E-state index contributed by atoms with van der Waals surface area (Å²) in [6.45, 7) is 0.00694. The summed E-state index contributed by atoms with van der Waals surface area (Å²) in [5.74, 6) is -1.67. The van der Waals surface area contributed by atoms with E-state index in [1.165, 1.54) is 18.3 Å². The molecule has 0 aliphatic rings. The second-order valence-electron chi connectivity index (χ2n) is 5.38. The molecule has 0 spiro atoms. The van der Waals surface area contributed by atoms with Gasteiger partial charge in [0.25, 0.3) is 5.56 Å². The van der Waals surface area contributed by atoms with E-state index in [1.807, 2.05) is 0 Å². The predicted octanol–water partition coefficient (Wildman–Crippen LogP) is -0.556. The van der Waals surface area contributed by atoms with Crippen LogP contribution in [0.25, 0.3) is 0 Å². The summed E-state index contributed by atoms with van der Waals surface area (Å²) in [4.78, 5) is 47.8. The number of aliphatic carboxylic acids is 1. The average Bonchev–Trinajstić information content (AvgIpc) is 2.55. The Labute approximate surface area is 141 Å². The summed E-state index contributed by atoms with van der Waals surface area (Å²) in [5.41, 5.74) is -0.535. The Morgan fingerprint density at radius 2 is 1.84 bits per heavy atom. The van der Waals surface area contributed by atoms with Crippen molar-refractivity contribution in [2.45, 2.75) is 25.4 Å². The van der Waals surface area contributed by atoms with Gasteiger partial charge in [0, 0.05) is 31.6 Å². The van der Waals surface area contributed by atoms with Crippen LogP contribution >= 0.6 is 0 Å². The van der Waals surface area contributed by atoms with E-state index in [1.54, 1.807) is 12.1 Å². The van der Waals surface area contributed by atoms with Gasteiger partial charge in [0.2, 0.25) is 5.91 Å². The number of carboxylic acids is 1. The van der Waals surface area contributed by atoms with Crippen LogP contribution in [-0.4, -0.2) is 37.7 Å². The van der Waals surface area contributed by atoms with E-state index in [2.05, 4.69) is 10.3 Å². The SMILES string of the molecule is O=C(CCn1ccc(=O)[nH]c1=O)NC(Cc1ccc(O)cc1)C(=O)O. The van der Waals surface area contributed by atoms with Crippen LogP contribution < -0.4 is 16.6 Å². The molecular weight excluding hydrogens is 330 g/mol. The van der Waals surface area contributed by atoms with Gasteiger partial charge in [0.1, 0.15) is 11.8 Å². The highest BCUT2D eigenvalue weighted by Gasteiger charge is 2.20. The van der Waals surface area contributed by atoms with Gasteiger partial charge < -0.3 is 20.1 Å². The molecule has 0 fully saturated rings. The smallest absolute Gasteiger partial charge is 0.328 e. The maximum atomic E-state index is 12.0. The molecule has 0 saturated carbocycles. The van der Waals surface area contributed by atoms with Gasteiger partial charge in [-0.25, -0.2) is 9.59 Å². The van der Waals surface area contributed by atoms with E-state index < -0.39 is 29.2 Å². The molecule has 0 aliphatic carbocycles. The van der Waals surface area contributed by atoms with Gasteiger partial charge in [-0.3, -0.25) is 14.6 Å². The highest BCUT2D eigenvalue weighted by atomic mass is 16.4. The molecule has 1 amide bonds. The maximum absolute atomic E-state index is 12.0. The molecule has 4 N–H and O–H groups in total. The average molecular weight is 347 g/mol. The van der Waals surface area contributed by atoms with E-state index in [0.717, 1.165) is 10.6 Å². The molecule has 9 nitrogen and oxygen atoms in total. The molecule has 0 aliphatic heterocycles. The van der Waals surface area contributed by atoms with Crippen molar-refractivity contribution in [2.75, 3.05) is 0 Å². The number of rotatable bonds is 7. The Morgan fingerprint density at radius 1 is 1.16 bits per heavy atom. The summed E-state index contributed by atoms with van der Waals surface area (Å²) in [5, 5.41) is 20.9. The number of nitrogens with zero attached hydrogens (tertiary/aromatic N) is 1. The van der Waals surface area contributed by atoms with Crippen molar-refractivity contribution in [3.05, 3.63) is 62.9 Å². The first-order valence-corrected chi connectivity index (χ1v) is 7.45. The minimum Gasteiger partial charge on any atom is -0.508 e. The van der Waals surface area contributed by atoms with Crippen LogP contribution in [0.4, 0.5) is 0 Å². The Balaban J connectivity index is 1.95. The third-order valence-corrected chi connectivity index (χ3v) is 3.49. The van der Waals surface area contributed by atoms with Crippen molar-refractivity contribution in [3.63, 3.8) is 0 Å². The zero-order valence-electron chi connectivity index (χ0n) is 13.1. The fourth-order valence-corrected chi connectivity index (χ4v) is 2.18. The molecule has 1 unspecified atom stereocenters. The summed E-state index contributed by atoms with van der Waals surface area (Å²) >= 11 is 0. The highest BCUT2D eigenvalue weighted by Crippen LogP contribution is 2.11. The van der Waals surface area contributed by atoms with E-state index in [4.69, 9.17) is 0 Å². The van der Waals surface area contributed by atoms with Crippen LogP contribution in [0.2, 0.25) is 0 Å². The number of benzene rings is 1. The zero-order chi connectivity index (χ0) is 18.4. The molecule has 1 aromatic carbocycles. The summed E-state index contributed by atoms with van der Waals surface area (Å²) < 4.78 is 1.15. The molecule has 0 bridgehead atoms. The van der Waals surface area contributed by atoms with E-state index in [9.17, 15) is 29.4 Å². The first-order chi connectivity index (χ1) is 11.8. The second-order valence-corrected chi connectivity index (χ2v) is 5.38. The number of aromatic nitrogens is 2. The van der Waals surface area contributed by atoms with Crippen molar-refractivity contribution in [1.29, 1.82) is 0 Å².